The molecule has 1 fully saturated rings. The molecule has 8 heteroatoms. The van der Waals surface area contributed by atoms with E-state index in [0.717, 1.165) is 28.0 Å². The highest BCUT2D eigenvalue weighted by molar-refractivity contribution is 8.18. The number of aryl methyl sites for hydroxylation is 1. The standard InChI is InChI=1S/C20H19FN2O4S/c1-11-9-14(12(2)22(11)16-8-6-5-7-15(16)21)10-17-18(24)23(20(26)28-17)13(3)19(25)27-4/h5-10,13H,1-4H3/b17-10+/t13-/m0/s1. The second-order valence-electron chi connectivity index (χ2n) is 6.36. The zero-order valence-electron chi connectivity index (χ0n) is 15.9. The van der Waals surface area contributed by atoms with Gasteiger partial charge in [-0.3, -0.25) is 14.5 Å². The van der Waals surface area contributed by atoms with Crippen molar-refractivity contribution in [1.82, 2.24) is 9.47 Å². The van der Waals surface area contributed by atoms with Crippen molar-refractivity contribution in [3.63, 3.8) is 0 Å². The lowest BCUT2D eigenvalue weighted by Crippen LogP contribution is -2.42. The molecule has 1 saturated heterocycles. The Labute approximate surface area is 166 Å². The van der Waals surface area contributed by atoms with Crippen LogP contribution in [0.4, 0.5) is 9.18 Å². The maximum absolute atomic E-state index is 14.2. The quantitative estimate of drug-likeness (QED) is 0.574. The fourth-order valence-corrected chi connectivity index (χ4v) is 4.07. The Morgan fingerprint density at radius 2 is 1.93 bits per heavy atom. The minimum atomic E-state index is -1.01. The number of rotatable bonds is 4. The van der Waals surface area contributed by atoms with Gasteiger partial charge in [-0.15, -0.1) is 0 Å². The molecule has 1 aliphatic heterocycles. The van der Waals surface area contributed by atoms with Gasteiger partial charge in [-0.25, -0.2) is 9.18 Å². The van der Waals surface area contributed by atoms with Crippen LogP contribution in [0.15, 0.2) is 35.2 Å². The molecule has 0 spiro atoms. The summed E-state index contributed by atoms with van der Waals surface area (Å²) in [6.45, 7) is 5.09. The molecule has 6 nitrogen and oxygen atoms in total. The van der Waals surface area contributed by atoms with E-state index in [1.54, 1.807) is 28.8 Å². The number of nitrogens with zero attached hydrogens (tertiary/aromatic N) is 2. The summed E-state index contributed by atoms with van der Waals surface area (Å²) >= 11 is 0.763. The minimum Gasteiger partial charge on any atom is -0.467 e. The molecule has 0 bridgehead atoms. The number of ether oxygens (including phenoxy) is 1. The second kappa shape index (κ2) is 7.63. The van der Waals surface area contributed by atoms with Crippen molar-refractivity contribution in [2.24, 2.45) is 0 Å². The van der Waals surface area contributed by atoms with Crippen LogP contribution in [0, 0.1) is 19.7 Å². The largest absolute Gasteiger partial charge is 0.467 e. The third kappa shape index (κ3) is 3.35. The maximum Gasteiger partial charge on any atom is 0.328 e. The van der Waals surface area contributed by atoms with Crippen LogP contribution in [0.25, 0.3) is 11.8 Å². The molecule has 2 heterocycles. The number of esters is 1. The third-order valence-electron chi connectivity index (χ3n) is 4.60. The van der Waals surface area contributed by atoms with E-state index in [2.05, 4.69) is 4.74 Å². The number of halogens is 1. The summed E-state index contributed by atoms with van der Waals surface area (Å²) in [6.07, 6.45) is 1.59. The average molecular weight is 402 g/mol. The highest BCUT2D eigenvalue weighted by Gasteiger charge is 2.41. The van der Waals surface area contributed by atoms with Crippen LogP contribution in [-0.4, -0.2) is 39.7 Å². The minimum absolute atomic E-state index is 0.203. The van der Waals surface area contributed by atoms with Crippen molar-refractivity contribution in [1.29, 1.82) is 0 Å². The molecule has 1 aliphatic rings. The van der Waals surface area contributed by atoms with E-state index in [-0.39, 0.29) is 10.7 Å². The molecular formula is C20H19FN2O4S. The number of benzene rings is 1. The van der Waals surface area contributed by atoms with Gasteiger partial charge in [0.2, 0.25) is 0 Å². The van der Waals surface area contributed by atoms with E-state index in [1.165, 1.54) is 20.1 Å². The molecule has 1 aromatic carbocycles. The predicted octanol–water partition coefficient (Wildman–Crippen LogP) is 3.83. The van der Waals surface area contributed by atoms with Gasteiger partial charge in [0.15, 0.2) is 0 Å². The number of hydrogen-bond acceptors (Lipinski definition) is 5. The summed E-state index contributed by atoms with van der Waals surface area (Å²) < 4.78 is 20.6. The van der Waals surface area contributed by atoms with E-state index in [9.17, 15) is 18.8 Å². The van der Waals surface area contributed by atoms with Crippen molar-refractivity contribution in [2.45, 2.75) is 26.8 Å². The Hall–Kier alpha value is -2.87. The van der Waals surface area contributed by atoms with Gasteiger partial charge in [0, 0.05) is 11.4 Å². The van der Waals surface area contributed by atoms with Gasteiger partial charge in [-0.05, 0) is 62.4 Å². The van der Waals surface area contributed by atoms with Gasteiger partial charge in [-0.2, -0.15) is 0 Å². The van der Waals surface area contributed by atoms with Gasteiger partial charge in [0.05, 0.1) is 17.7 Å². The van der Waals surface area contributed by atoms with Crippen LogP contribution in [-0.2, 0) is 14.3 Å². The van der Waals surface area contributed by atoms with Gasteiger partial charge in [0.25, 0.3) is 11.1 Å². The Morgan fingerprint density at radius 3 is 2.57 bits per heavy atom. The third-order valence-corrected chi connectivity index (χ3v) is 5.49. The second-order valence-corrected chi connectivity index (χ2v) is 7.36. The zero-order chi connectivity index (χ0) is 20.6. The molecule has 2 aromatic rings. The maximum atomic E-state index is 14.2. The van der Waals surface area contributed by atoms with Crippen molar-refractivity contribution in [3.8, 4) is 5.69 Å². The lowest BCUT2D eigenvalue weighted by molar-refractivity contribution is -0.148. The zero-order valence-corrected chi connectivity index (χ0v) is 16.7. The molecule has 146 valence electrons. The Bertz CT molecular complexity index is 1010. The van der Waals surface area contributed by atoms with Crippen molar-refractivity contribution in [2.75, 3.05) is 7.11 Å². The van der Waals surface area contributed by atoms with Crippen molar-refractivity contribution < 1.29 is 23.5 Å². The number of carbonyl (C=O) groups excluding carboxylic acids is 3. The van der Waals surface area contributed by atoms with Gasteiger partial charge in [-0.1, -0.05) is 12.1 Å². The van der Waals surface area contributed by atoms with Crippen molar-refractivity contribution >= 4 is 35.0 Å². The van der Waals surface area contributed by atoms with Gasteiger partial charge in [0.1, 0.15) is 11.9 Å². The summed E-state index contributed by atoms with van der Waals surface area (Å²) in [5.41, 5.74) is 2.62. The Morgan fingerprint density at radius 1 is 1.25 bits per heavy atom. The number of carbonyl (C=O) groups is 3. The van der Waals surface area contributed by atoms with Gasteiger partial charge >= 0.3 is 5.97 Å². The first-order chi connectivity index (χ1) is 13.3. The summed E-state index contributed by atoms with van der Waals surface area (Å²) in [6, 6.07) is 7.23. The smallest absolute Gasteiger partial charge is 0.328 e. The lowest BCUT2D eigenvalue weighted by Gasteiger charge is -2.18. The van der Waals surface area contributed by atoms with E-state index in [4.69, 9.17) is 0 Å². The summed E-state index contributed by atoms with van der Waals surface area (Å²) in [4.78, 5) is 37.7. The molecule has 1 aromatic heterocycles. The van der Waals surface area contributed by atoms with Crippen molar-refractivity contribution in [3.05, 3.63) is 58.0 Å². The van der Waals surface area contributed by atoms with Crippen LogP contribution in [0.2, 0.25) is 0 Å². The van der Waals surface area contributed by atoms with Crippen LogP contribution in [0.3, 0.4) is 0 Å². The monoisotopic (exact) mass is 402 g/mol. The molecule has 0 radical (unpaired) electrons. The van der Waals surface area contributed by atoms with E-state index in [0.29, 0.717) is 11.3 Å². The molecule has 0 aliphatic carbocycles. The SMILES string of the molecule is COC(=O)[C@H](C)N1C(=O)S/C(=C/c2cc(C)n(-c3ccccc3F)c2C)C1=O. The number of amides is 2. The molecule has 28 heavy (non-hydrogen) atoms. The molecular weight excluding hydrogens is 383 g/mol. The molecule has 1 atom stereocenters. The number of thioether (sulfide) groups is 1. The predicted molar refractivity (Wildman–Crippen MR) is 104 cm³/mol. The molecule has 0 unspecified atom stereocenters. The van der Waals surface area contributed by atoms with Gasteiger partial charge < -0.3 is 9.30 Å². The first-order valence-electron chi connectivity index (χ1n) is 8.55. The first kappa shape index (κ1) is 19.9. The highest BCUT2D eigenvalue weighted by atomic mass is 32.2. The number of methoxy groups -OCH3 is 1. The fraction of sp³-hybridized carbons (Fsp3) is 0.250. The Balaban J connectivity index is 1.98. The highest BCUT2D eigenvalue weighted by Crippen LogP contribution is 2.35. The summed E-state index contributed by atoms with van der Waals surface area (Å²) in [5, 5.41) is -0.530. The average Bonchev–Trinajstić information content (AvgIpc) is 3.09. The molecule has 2 amide bonds. The summed E-state index contributed by atoms with van der Waals surface area (Å²) in [7, 11) is 1.20. The first-order valence-corrected chi connectivity index (χ1v) is 9.36. The molecule has 0 N–H and O–H groups in total. The van der Waals surface area contributed by atoms with E-state index in [1.807, 2.05) is 19.9 Å². The van der Waals surface area contributed by atoms with E-state index < -0.39 is 23.2 Å². The fourth-order valence-electron chi connectivity index (χ4n) is 3.17. The summed E-state index contributed by atoms with van der Waals surface area (Å²) in [5.74, 6) is -1.58. The number of imide groups is 1. The van der Waals surface area contributed by atoms with Crippen LogP contribution in [0.1, 0.15) is 23.9 Å². The normalized spacial score (nSPS) is 16.8. The van der Waals surface area contributed by atoms with Crippen LogP contribution < -0.4 is 0 Å². The lowest BCUT2D eigenvalue weighted by atomic mass is 10.2. The Kier molecular flexibility index (Phi) is 5.42. The molecule has 0 saturated carbocycles. The van der Waals surface area contributed by atoms with Crippen LogP contribution >= 0.6 is 11.8 Å². The van der Waals surface area contributed by atoms with E-state index >= 15 is 0 Å². The molecule has 3 rings (SSSR count). The number of hydrogen-bond donors (Lipinski definition) is 0. The number of para-hydroxylation sites is 1. The van der Waals surface area contributed by atoms with Crippen LogP contribution in [0.5, 0.6) is 0 Å². The number of aromatic nitrogens is 1. The topological polar surface area (TPSA) is 68.6 Å².